The second kappa shape index (κ2) is 9.37. The lowest BCUT2D eigenvalue weighted by Gasteiger charge is -2.29. The van der Waals surface area contributed by atoms with E-state index in [1.807, 2.05) is 30.3 Å². The van der Waals surface area contributed by atoms with Gasteiger partial charge >= 0.3 is 6.18 Å². The molecule has 0 spiro atoms. The number of aromatic nitrogens is 2. The van der Waals surface area contributed by atoms with Crippen LogP contribution in [0.3, 0.4) is 0 Å². The number of nitrogens with one attached hydrogen (secondary N) is 2. The molecule has 184 valence electrons. The highest BCUT2D eigenvalue weighted by Gasteiger charge is 2.35. The lowest BCUT2D eigenvalue weighted by atomic mass is 9.98. The highest BCUT2D eigenvalue weighted by molar-refractivity contribution is 5.98. The van der Waals surface area contributed by atoms with Gasteiger partial charge in [-0.1, -0.05) is 48.5 Å². The van der Waals surface area contributed by atoms with Crippen molar-refractivity contribution in [2.45, 2.75) is 18.6 Å². The number of amides is 2. The van der Waals surface area contributed by atoms with Crippen LogP contribution in [0.15, 0.2) is 72.8 Å². The number of fused-ring (bicyclic) bond motifs is 2. The van der Waals surface area contributed by atoms with Gasteiger partial charge in [-0.25, -0.2) is 4.98 Å². The number of H-pyrrole nitrogens is 1. The number of halogens is 3. The zero-order chi connectivity index (χ0) is 25.3. The Bertz CT molecular complexity index is 1420. The molecule has 2 amide bonds. The van der Waals surface area contributed by atoms with Crippen LogP contribution in [0.4, 0.5) is 18.9 Å². The molecule has 0 fully saturated rings. The molecule has 7 nitrogen and oxygen atoms in total. The molecule has 2 heterocycles. The number of carbonyl (C=O) groups is 2. The van der Waals surface area contributed by atoms with E-state index in [0.717, 1.165) is 5.56 Å². The topological polar surface area (TPSA) is 87.3 Å². The minimum atomic E-state index is -4.60. The Balaban J connectivity index is 1.38. The summed E-state index contributed by atoms with van der Waals surface area (Å²) in [5.74, 6) is -1.07. The van der Waals surface area contributed by atoms with Crippen LogP contribution >= 0.6 is 0 Å². The van der Waals surface area contributed by atoms with E-state index in [-0.39, 0.29) is 42.4 Å². The van der Waals surface area contributed by atoms with E-state index in [1.165, 1.54) is 11.0 Å². The van der Waals surface area contributed by atoms with Gasteiger partial charge in [-0.05, 0) is 35.4 Å². The van der Waals surface area contributed by atoms with Gasteiger partial charge in [0.05, 0.1) is 22.8 Å². The normalized spacial score (nSPS) is 14.3. The molecule has 1 aliphatic rings. The zero-order valence-corrected chi connectivity index (χ0v) is 18.9. The summed E-state index contributed by atoms with van der Waals surface area (Å²) < 4.78 is 44.7. The van der Waals surface area contributed by atoms with Crippen LogP contribution in [-0.4, -0.2) is 34.9 Å². The molecule has 0 saturated heterocycles. The highest BCUT2D eigenvalue weighted by Crippen LogP contribution is 2.32. The van der Waals surface area contributed by atoms with Gasteiger partial charge < -0.3 is 19.9 Å². The Kier molecular flexibility index (Phi) is 6.09. The molecule has 1 atom stereocenters. The molecule has 4 aromatic rings. The minimum Gasteiger partial charge on any atom is -0.482 e. The van der Waals surface area contributed by atoms with Crippen LogP contribution in [0.25, 0.3) is 11.0 Å². The monoisotopic (exact) mass is 494 g/mol. The first kappa shape index (κ1) is 23.4. The molecule has 0 saturated carbocycles. The van der Waals surface area contributed by atoms with Gasteiger partial charge in [-0.2, -0.15) is 13.2 Å². The molecular formula is C26H21F3N4O3. The Labute approximate surface area is 203 Å². The quantitative estimate of drug-likeness (QED) is 0.410. The van der Waals surface area contributed by atoms with Gasteiger partial charge in [0.1, 0.15) is 5.75 Å². The molecule has 36 heavy (non-hydrogen) atoms. The number of ether oxygens (including phenoxy) is 1. The number of benzene rings is 3. The zero-order valence-electron chi connectivity index (χ0n) is 18.9. The fourth-order valence-electron chi connectivity index (χ4n) is 4.19. The predicted octanol–water partition coefficient (Wildman–Crippen LogP) is 4.60. The van der Waals surface area contributed by atoms with Crippen molar-refractivity contribution in [2.75, 3.05) is 18.1 Å². The number of aromatic amines is 1. The lowest BCUT2D eigenvalue weighted by molar-refractivity contribution is -0.144. The van der Waals surface area contributed by atoms with Crippen LogP contribution in [0, 0.1) is 0 Å². The van der Waals surface area contributed by atoms with Crippen molar-refractivity contribution in [3.8, 4) is 5.75 Å². The van der Waals surface area contributed by atoms with Crippen LogP contribution in [-0.2, 0) is 15.8 Å². The van der Waals surface area contributed by atoms with Crippen LogP contribution in [0.2, 0.25) is 0 Å². The second-order valence-electron chi connectivity index (χ2n) is 8.32. The van der Waals surface area contributed by atoms with Crippen LogP contribution < -0.4 is 15.0 Å². The van der Waals surface area contributed by atoms with Gasteiger partial charge in [0.15, 0.2) is 6.61 Å². The largest absolute Gasteiger partial charge is 0.482 e. The summed E-state index contributed by atoms with van der Waals surface area (Å²) in [6.07, 6.45) is -4.57. The summed E-state index contributed by atoms with van der Waals surface area (Å²) in [5, 5.41) is 2.97. The van der Waals surface area contributed by atoms with Crippen molar-refractivity contribution in [3.63, 3.8) is 0 Å². The molecule has 0 radical (unpaired) electrons. The number of carbonyl (C=O) groups excluding carboxylic acids is 2. The fraction of sp³-hybridized carbons (Fsp3) is 0.192. The standard InChI is InChI=1S/C26H21F3N4O3/c27-26(28,29)25-30-18-11-10-17(14-19(18)31-25)24(16-6-2-1-3-7-16)32-22(34)12-13-33-20-8-4-5-9-21(20)36-15-23(33)35/h1-11,14,24H,12-13,15H2,(H,30,31)(H,32,34). The smallest absolute Gasteiger partial charge is 0.449 e. The molecule has 3 aromatic carbocycles. The number of hydrogen-bond acceptors (Lipinski definition) is 4. The third kappa shape index (κ3) is 4.74. The molecule has 1 aliphatic heterocycles. The SMILES string of the molecule is O=C(CCN1C(=O)COc2ccccc21)NC(c1ccccc1)c1ccc2nc(C(F)(F)F)[nH]c2c1. The maximum absolute atomic E-state index is 13.1. The van der Waals surface area contributed by atoms with Gasteiger partial charge in [-0.3, -0.25) is 9.59 Å². The Hall–Kier alpha value is -4.34. The molecule has 1 aromatic heterocycles. The van der Waals surface area contributed by atoms with E-state index in [4.69, 9.17) is 4.74 Å². The van der Waals surface area contributed by atoms with Gasteiger partial charge in [0, 0.05) is 13.0 Å². The van der Waals surface area contributed by atoms with Gasteiger partial charge in [-0.15, -0.1) is 0 Å². The van der Waals surface area contributed by atoms with Crippen LogP contribution in [0.1, 0.15) is 29.4 Å². The van der Waals surface area contributed by atoms with Crippen molar-refractivity contribution in [3.05, 3.63) is 89.7 Å². The Morgan fingerprint density at radius 1 is 1.06 bits per heavy atom. The number of rotatable bonds is 6. The molecule has 0 aliphatic carbocycles. The first-order valence-corrected chi connectivity index (χ1v) is 11.2. The average molecular weight is 494 g/mol. The summed E-state index contributed by atoms with van der Waals surface area (Å²) in [6, 6.07) is 20.3. The number of alkyl halides is 3. The van der Waals surface area contributed by atoms with Crippen molar-refractivity contribution in [2.24, 2.45) is 0 Å². The summed E-state index contributed by atoms with van der Waals surface area (Å²) in [6.45, 7) is 0.0520. The summed E-state index contributed by atoms with van der Waals surface area (Å²) in [5.41, 5.74) is 2.34. The number of imidazole rings is 1. The number of nitrogens with zero attached hydrogens (tertiary/aromatic N) is 2. The number of anilines is 1. The predicted molar refractivity (Wildman–Crippen MR) is 126 cm³/mol. The summed E-state index contributed by atoms with van der Waals surface area (Å²) in [7, 11) is 0. The number of hydrogen-bond donors (Lipinski definition) is 2. The molecule has 0 bridgehead atoms. The van der Waals surface area contributed by atoms with Crippen molar-refractivity contribution in [1.82, 2.24) is 15.3 Å². The van der Waals surface area contributed by atoms with E-state index >= 15 is 0 Å². The molecule has 10 heteroatoms. The minimum absolute atomic E-state index is 0.0218. The Morgan fingerprint density at radius 3 is 2.58 bits per heavy atom. The van der Waals surface area contributed by atoms with E-state index in [0.29, 0.717) is 17.0 Å². The number of para-hydroxylation sites is 2. The second-order valence-corrected chi connectivity index (χ2v) is 8.32. The molecular weight excluding hydrogens is 473 g/mol. The van der Waals surface area contributed by atoms with E-state index in [1.54, 1.807) is 36.4 Å². The molecule has 5 rings (SSSR count). The first-order chi connectivity index (χ1) is 17.3. The van der Waals surface area contributed by atoms with Gasteiger partial charge in [0.2, 0.25) is 11.7 Å². The maximum atomic E-state index is 13.1. The van der Waals surface area contributed by atoms with E-state index in [9.17, 15) is 22.8 Å². The van der Waals surface area contributed by atoms with Crippen molar-refractivity contribution in [1.29, 1.82) is 0 Å². The highest BCUT2D eigenvalue weighted by atomic mass is 19.4. The maximum Gasteiger partial charge on any atom is 0.449 e. The fourth-order valence-corrected chi connectivity index (χ4v) is 4.19. The van der Waals surface area contributed by atoms with Crippen molar-refractivity contribution < 1.29 is 27.5 Å². The average Bonchev–Trinajstić information content (AvgIpc) is 3.31. The Morgan fingerprint density at radius 2 is 1.81 bits per heavy atom. The molecule has 2 N–H and O–H groups in total. The van der Waals surface area contributed by atoms with Crippen LogP contribution in [0.5, 0.6) is 5.75 Å². The molecule has 1 unspecified atom stereocenters. The third-order valence-electron chi connectivity index (χ3n) is 5.92. The summed E-state index contributed by atoms with van der Waals surface area (Å²) in [4.78, 5) is 32.9. The first-order valence-electron chi connectivity index (χ1n) is 11.2. The van der Waals surface area contributed by atoms with E-state index in [2.05, 4.69) is 15.3 Å². The van der Waals surface area contributed by atoms with Gasteiger partial charge in [0.25, 0.3) is 5.91 Å². The van der Waals surface area contributed by atoms with E-state index < -0.39 is 18.0 Å². The lowest BCUT2D eigenvalue weighted by Crippen LogP contribution is -2.41. The third-order valence-corrected chi connectivity index (χ3v) is 5.92. The van der Waals surface area contributed by atoms with Crippen molar-refractivity contribution >= 4 is 28.5 Å². The summed E-state index contributed by atoms with van der Waals surface area (Å²) >= 11 is 0.